The first-order valence-corrected chi connectivity index (χ1v) is 9.06. The van der Waals surface area contributed by atoms with Gasteiger partial charge >= 0.3 is 0 Å². The monoisotopic (exact) mass is 379 g/mol. The van der Waals surface area contributed by atoms with Crippen molar-refractivity contribution in [2.24, 2.45) is 0 Å². The standard InChI is InChI=1S/C18H25N3O6/c22-17-15-2-1-14(13-16(15)18(23)20-19-17)21-3-5-24-7-9-26-11-12-27-10-8-25-6-4-21/h1-2,13H,3-12H2,(H,19,22)(H,20,23). The molecule has 2 heterocycles. The number of H-pyrrole nitrogens is 2. The molecule has 0 unspecified atom stereocenters. The molecule has 1 aromatic heterocycles. The average Bonchev–Trinajstić information content (AvgIpc) is 2.70. The predicted octanol–water partition coefficient (Wildman–Crippen LogP) is 0.103. The highest BCUT2D eigenvalue weighted by molar-refractivity contribution is 5.84. The van der Waals surface area contributed by atoms with Crippen molar-refractivity contribution in [2.75, 3.05) is 70.8 Å². The van der Waals surface area contributed by atoms with E-state index < -0.39 is 0 Å². The number of aromatic amines is 2. The van der Waals surface area contributed by atoms with E-state index in [9.17, 15) is 9.59 Å². The van der Waals surface area contributed by atoms with E-state index in [1.807, 2.05) is 6.07 Å². The molecule has 1 aromatic carbocycles. The molecule has 1 aliphatic rings. The zero-order valence-electron chi connectivity index (χ0n) is 15.2. The number of benzene rings is 1. The van der Waals surface area contributed by atoms with Crippen LogP contribution in [0.25, 0.3) is 10.8 Å². The normalized spacial score (nSPS) is 18.7. The van der Waals surface area contributed by atoms with Gasteiger partial charge in [-0.1, -0.05) is 0 Å². The molecule has 0 aliphatic carbocycles. The molecular formula is C18H25N3O6. The second kappa shape index (κ2) is 10.2. The number of nitrogens with zero attached hydrogens (tertiary/aromatic N) is 1. The third-order valence-corrected chi connectivity index (χ3v) is 4.27. The van der Waals surface area contributed by atoms with Gasteiger partial charge in [-0.15, -0.1) is 0 Å². The molecule has 1 fully saturated rings. The van der Waals surface area contributed by atoms with Gasteiger partial charge in [-0.05, 0) is 18.2 Å². The number of hydrogen-bond acceptors (Lipinski definition) is 7. The van der Waals surface area contributed by atoms with E-state index in [2.05, 4.69) is 15.1 Å². The highest BCUT2D eigenvalue weighted by Crippen LogP contribution is 2.18. The predicted molar refractivity (Wildman–Crippen MR) is 101 cm³/mol. The summed E-state index contributed by atoms with van der Waals surface area (Å²) in [5.74, 6) is 0. The first kappa shape index (κ1) is 19.6. The zero-order chi connectivity index (χ0) is 18.9. The lowest BCUT2D eigenvalue weighted by Gasteiger charge is -2.25. The van der Waals surface area contributed by atoms with Gasteiger partial charge < -0.3 is 23.8 Å². The smallest absolute Gasteiger partial charge is 0.270 e. The van der Waals surface area contributed by atoms with E-state index >= 15 is 0 Å². The Labute approximate surface area is 156 Å². The summed E-state index contributed by atoms with van der Waals surface area (Å²) in [4.78, 5) is 26.0. The van der Waals surface area contributed by atoms with Crippen LogP contribution in [0.5, 0.6) is 0 Å². The second-order valence-electron chi connectivity index (χ2n) is 6.07. The molecule has 2 aromatic rings. The van der Waals surface area contributed by atoms with Crippen molar-refractivity contribution in [2.45, 2.75) is 0 Å². The Bertz CT molecular complexity index is 818. The first-order valence-electron chi connectivity index (χ1n) is 9.06. The number of ether oxygens (including phenoxy) is 4. The Kier molecular flexibility index (Phi) is 7.40. The van der Waals surface area contributed by atoms with Gasteiger partial charge in [0.1, 0.15) is 0 Å². The van der Waals surface area contributed by atoms with Crippen LogP contribution in [-0.2, 0) is 18.9 Å². The number of aromatic nitrogens is 2. The first-order chi connectivity index (χ1) is 13.3. The van der Waals surface area contributed by atoms with Gasteiger partial charge in [0.25, 0.3) is 11.1 Å². The molecule has 0 amide bonds. The van der Waals surface area contributed by atoms with Crippen LogP contribution in [-0.4, -0.2) is 76.1 Å². The van der Waals surface area contributed by atoms with Crippen LogP contribution < -0.4 is 16.0 Å². The number of anilines is 1. The quantitative estimate of drug-likeness (QED) is 0.724. The number of rotatable bonds is 1. The van der Waals surface area contributed by atoms with Crippen molar-refractivity contribution >= 4 is 16.5 Å². The minimum atomic E-state index is -0.327. The van der Waals surface area contributed by atoms with Crippen molar-refractivity contribution in [3.8, 4) is 0 Å². The summed E-state index contributed by atoms with van der Waals surface area (Å²) in [5.41, 5.74) is 0.189. The Morgan fingerprint density at radius 3 is 1.70 bits per heavy atom. The minimum Gasteiger partial charge on any atom is -0.377 e. The largest absolute Gasteiger partial charge is 0.377 e. The molecule has 2 N–H and O–H groups in total. The Hall–Kier alpha value is -2.20. The molecule has 9 heteroatoms. The fourth-order valence-electron chi connectivity index (χ4n) is 2.84. The van der Waals surface area contributed by atoms with Crippen molar-refractivity contribution in [3.63, 3.8) is 0 Å². The molecule has 1 saturated heterocycles. The topological polar surface area (TPSA) is 106 Å². The van der Waals surface area contributed by atoms with Crippen molar-refractivity contribution in [1.29, 1.82) is 0 Å². The summed E-state index contributed by atoms with van der Waals surface area (Å²) in [6.07, 6.45) is 0. The number of fused-ring (bicyclic) bond motifs is 1. The van der Waals surface area contributed by atoms with E-state index in [1.165, 1.54) is 0 Å². The van der Waals surface area contributed by atoms with Crippen LogP contribution >= 0.6 is 0 Å². The molecular weight excluding hydrogens is 354 g/mol. The molecule has 3 rings (SSSR count). The molecule has 1 aliphatic heterocycles. The van der Waals surface area contributed by atoms with E-state index in [1.54, 1.807) is 12.1 Å². The fourth-order valence-corrected chi connectivity index (χ4v) is 2.84. The maximum atomic E-state index is 12.1. The third kappa shape index (κ3) is 5.64. The molecule has 0 radical (unpaired) electrons. The van der Waals surface area contributed by atoms with Crippen LogP contribution in [0.1, 0.15) is 0 Å². The summed E-state index contributed by atoms with van der Waals surface area (Å²) in [6, 6.07) is 5.22. The second-order valence-corrected chi connectivity index (χ2v) is 6.07. The van der Waals surface area contributed by atoms with Crippen molar-refractivity contribution in [3.05, 3.63) is 38.9 Å². The lowest BCUT2D eigenvalue weighted by atomic mass is 10.1. The molecule has 0 spiro atoms. The highest BCUT2D eigenvalue weighted by atomic mass is 16.6. The van der Waals surface area contributed by atoms with E-state index in [0.29, 0.717) is 76.7 Å². The molecule has 0 bridgehead atoms. The highest BCUT2D eigenvalue weighted by Gasteiger charge is 2.11. The van der Waals surface area contributed by atoms with Crippen molar-refractivity contribution in [1.82, 2.24) is 10.2 Å². The van der Waals surface area contributed by atoms with Crippen LogP contribution in [0.2, 0.25) is 0 Å². The van der Waals surface area contributed by atoms with Crippen LogP contribution in [0, 0.1) is 0 Å². The Balaban J connectivity index is 1.74. The van der Waals surface area contributed by atoms with Gasteiger partial charge in [0.05, 0.1) is 63.6 Å². The van der Waals surface area contributed by atoms with Gasteiger partial charge in [-0.3, -0.25) is 19.8 Å². The maximum Gasteiger partial charge on any atom is 0.270 e. The summed E-state index contributed by atoms with van der Waals surface area (Å²) in [7, 11) is 0. The average molecular weight is 379 g/mol. The van der Waals surface area contributed by atoms with Crippen LogP contribution in [0.15, 0.2) is 27.8 Å². The molecule has 0 atom stereocenters. The summed E-state index contributed by atoms with van der Waals surface area (Å²) < 4.78 is 22.1. The van der Waals surface area contributed by atoms with Crippen LogP contribution in [0.4, 0.5) is 5.69 Å². The number of hydrogen-bond donors (Lipinski definition) is 2. The maximum absolute atomic E-state index is 12.1. The fraction of sp³-hybridized carbons (Fsp3) is 0.556. The van der Waals surface area contributed by atoms with Gasteiger partial charge in [-0.25, -0.2) is 0 Å². The van der Waals surface area contributed by atoms with Gasteiger partial charge in [0, 0.05) is 18.8 Å². The van der Waals surface area contributed by atoms with Gasteiger partial charge in [0.15, 0.2) is 0 Å². The van der Waals surface area contributed by atoms with E-state index in [0.717, 1.165) is 5.69 Å². The molecule has 148 valence electrons. The summed E-state index contributed by atoms with van der Waals surface area (Å²) in [5, 5.41) is 5.41. The van der Waals surface area contributed by atoms with Gasteiger partial charge in [-0.2, -0.15) is 0 Å². The zero-order valence-corrected chi connectivity index (χ0v) is 15.2. The molecule has 27 heavy (non-hydrogen) atoms. The number of nitrogens with one attached hydrogen (secondary N) is 2. The van der Waals surface area contributed by atoms with Gasteiger partial charge in [0.2, 0.25) is 0 Å². The van der Waals surface area contributed by atoms with Crippen molar-refractivity contribution < 1.29 is 18.9 Å². The summed E-state index contributed by atoms with van der Waals surface area (Å²) in [6.45, 7) is 5.45. The van der Waals surface area contributed by atoms with Crippen LogP contribution in [0.3, 0.4) is 0 Å². The SMILES string of the molecule is O=c1[nH][nH]c(=O)c2cc(N3CCOCCOCCOCCOCC3)ccc12. The lowest BCUT2D eigenvalue weighted by Crippen LogP contribution is -2.32. The lowest BCUT2D eigenvalue weighted by molar-refractivity contribution is 0.00206. The molecule has 9 nitrogen and oxygen atoms in total. The van der Waals surface area contributed by atoms with E-state index in [4.69, 9.17) is 18.9 Å². The minimum absolute atomic E-state index is 0.320. The third-order valence-electron chi connectivity index (χ3n) is 4.27. The Morgan fingerprint density at radius 2 is 1.15 bits per heavy atom. The summed E-state index contributed by atoms with van der Waals surface area (Å²) >= 11 is 0. The molecule has 0 saturated carbocycles. The Morgan fingerprint density at radius 1 is 0.667 bits per heavy atom. The van der Waals surface area contributed by atoms with E-state index in [-0.39, 0.29) is 11.1 Å².